The van der Waals surface area contributed by atoms with Crippen LogP contribution in [0.25, 0.3) is 0 Å². The summed E-state index contributed by atoms with van der Waals surface area (Å²) in [6.07, 6.45) is 2.88. The van der Waals surface area contributed by atoms with Crippen LogP contribution in [0.15, 0.2) is 24.3 Å². The molecule has 2 saturated carbocycles. The minimum atomic E-state index is -0.789. The molecule has 3 fully saturated rings. The van der Waals surface area contributed by atoms with Crippen molar-refractivity contribution < 1.29 is 19.4 Å². The van der Waals surface area contributed by atoms with Gasteiger partial charge in [-0.05, 0) is 43.2 Å². The van der Waals surface area contributed by atoms with Crippen molar-refractivity contribution in [3.63, 3.8) is 0 Å². The van der Waals surface area contributed by atoms with Gasteiger partial charge in [-0.2, -0.15) is 0 Å². The van der Waals surface area contributed by atoms with Gasteiger partial charge in [0.25, 0.3) is 0 Å². The number of fused-ring (bicyclic) bond motifs is 2. The molecule has 1 amide bonds. The van der Waals surface area contributed by atoms with E-state index in [1.807, 2.05) is 29.2 Å². The zero-order valence-corrected chi connectivity index (χ0v) is 15.1. The fourth-order valence-corrected chi connectivity index (χ4v) is 5.27. The van der Waals surface area contributed by atoms with Gasteiger partial charge >= 0.3 is 5.97 Å². The summed E-state index contributed by atoms with van der Waals surface area (Å²) in [5.74, 6) is -0.224. The van der Waals surface area contributed by atoms with Crippen molar-refractivity contribution >= 4 is 17.6 Å². The van der Waals surface area contributed by atoms with E-state index < -0.39 is 11.9 Å². The lowest BCUT2D eigenvalue weighted by molar-refractivity contribution is -0.153. The first-order valence-corrected chi connectivity index (χ1v) is 9.49. The molecule has 2 bridgehead atoms. The number of carboxylic acids is 1. The Bertz CT molecular complexity index is 699. The molecule has 6 nitrogen and oxygen atoms in total. The van der Waals surface area contributed by atoms with Crippen LogP contribution >= 0.6 is 0 Å². The lowest BCUT2D eigenvalue weighted by atomic mass is 9.78. The Balaban J connectivity index is 1.43. The Morgan fingerprint density at radius 1 is 1.04 bits per heavy atom. The molecule has 0 spiro atoms. The summed E-state index contributed by atoms with van der Waals surface area (Å²) in [7, 11) is 1.67. The van der Waals surface area contributed by atoms with E-state index in [0.29, 0.717) is 13.1 Å². The molecule has 1 N–H and O–H groups in total. The number of hydrogen-bond acceptors (Lipinski definition) is 4. The molecule has 4 atom stereocenters. The number of carboxylic acid groups (broad SMARTS) is 1. The van der Waals surface area contributed by atoms with Crippen molar-refractivity contribution in [1.29, 1.82) is 0 Å². The normalized spacial score (nSPS) is 30.5. The Kier molecular flexibility index (Phi) is 4.51. The summed E-state index contributed by atoms with van der Waals surface area (Å²) in [6, 6.07) is 7.91. The number of nitrogens with zero attached hydrogens (tertiary/aromatic N) is 2. The third kappa shape index (κ3) is 2.81. The standard InChI is InChI=1S/C20H26N2O4/c1-26-16-5-3-2-4-15(16)21-8-10-22(11-9-21)19(23)17-13-6-7-14(12-13)18(17)20(24)25/h2-5,13-14,17-18H,6-12H2,1H3,(H,24,25)/t13-,14+,17-,18+/m1/s1. The molecular weight excluding hydrogens is 332 g/mol. The minimum Gasteiger partial charge on any atom is -0.495 e. The Hall–Kier alpha value is -2.24. The summed E-state index contributed by atoms with van der Waals surface area (Å²) >= 11 is 0. The lowest BCUT2D eigenvalue weighted by Crippen LogP contribution is -2.52. The van der Waals surface area contributed by atoms with E-state index >= 15 is 0 Å². The predicted octanol–water partition coefficient (Wildman–Crippen LogP) is 2.09. The average Bonchev–Trinajstić information content (AvgIpc) is 3.29. The van der Waals surface area contributed by atoms with E-state index in [0.717, 1.165) is 43.8 Å². The van der Waals surface area contributed by atoms with Gasteiger partial charge in [-0.3, -0.25) is 9.59 Å². The topological polar surface area (TPSA) is 70.1 Å². The highest BCUT2D eigenvalue weighted by Gasteiger charge is 2.54. The monoisotopic (exact) mass is 358 g/mol. The van der Waals surface area contributed by atoms with Crippen molar-refractivity contribution in [3.8, 4) is 5.75 Å². The van der Waals surface area contributed by atoms with Crippen LogP contribution in [0.5, 0.6) is 5.75 Å². The highest BCUT2D eigenvalue weighted by atomic mass is 16.5. The quantitative estimate of drug-likeness (QED) is 0.892. The van der Waals surface area contributed by atoms with Crippen LogP contribution in [-0.2, 0) is 9.59 Å². The Morgan fingerprint density at radius 3 is 2.35 bits per heavy atom. The van der Waals surface area contributed by atoms with Gasteiger partial charge in [0, 0.05) is 26.2 Å². The number of ether oxygens (including phenoxy) is 1. The molecule has 4 rings (SSSR count). The van der Waals surface area contributed by atoms with Crippen molar-refractivity contribution in [2.75, 3.05) is 38.2 Å². The maximum atomic E-state index is 13.1. The van der Waals surface area contributed by atoms with Crippen LogP contribution in [-0.4, -0.2) is 55.2 Å². The second kappa shape index (κ2) is 6.82. The first-order chi connectivity index (χ1) is 12.6. The van der Waals surface area contributed by atoms with E-state index in [4.69, 9.17) is 4.74 Å². The number of anilines is 1. The Labute approximate surface area is 153 Å². The van der Waals surface area contributed by atoms with Gasteiger partial charge in [0.2, 0.25) is 5.91 Å². The number of carbonyl (C=O) groups is 2. The Morgan fingerprint density at radius 2 is 1.69 bits per heavy atom. The number of rotatable bonds is 4. The highest BCUT2D eigenvalue weighted by molar-refractivity contribution is 5.86. The third-order valence-corrected chi connectivity index (χ3v) is 6.50. The first-order valence-electron chi connectivity index (χ1n) is 9.49. The van der Waals surface area contributed by atoms with E-state index in [1.54, 1.807) is 7.11 Å². The summed E-state index contributed by atoms with van der Waals surface area (Å²) in [4.78, 5) is 28.9. The van der Waals surface area contributed by atoms with Gasteiger partial charge in [-0.15, -0.1) is 0 Å². The van der Waals surface area contributed by atoms with E-state index in [9.17, 15) is 14.7 Å². The summed E-state index contributed by atoms with van der Waals surface area (Å²) in [6.45, 7) is 2.75. The number of amides is 1. The number of carbonyl (C=O) groups excluding carboxylic acids is 1. The molecule has 0 aromatic heterocycles. The van der Waals surface area contributed by atoms with E-state index in [2.05, 4.69) is 4.90 Å². The molecule has 3 aliphatic rings. The van der Waals surface area contributed by atoms with Gasteiger partial charge in [-0.25, -0.2) is 0 Å². The van der Waals surface area contributed by atoms with Gasteiger partial charge in [0.05, 0.1) is 24.6 Å². The van der Waals surface area contributed by atoms with E-state index in [-0.39, 0.29) is 23.7 Å². The van der Waals surface area contributed by atoms with Crippen LogP contribution in [0.3, 0.4) is 0 Å². The number of hydrogen-bond donors (Lipinski definition) is 1. The van der Waals surface area contributed by atoms with Gasteiger partial charge < -0.3 is 19.6 Å². The van der Waals surface area contributed by atoms with Crippen molar-refractivity contribution in [2.24, 2.45) is 23.7 Å². The second-order valence-corrected chi connectivity index (χ2v) is 7.71. The number of aliphatic carboxylic acids is 1. The molecule has 1 aliphatic heterocycles. The van der Waals surface area contributed by atoms with Crippen LogP contribution in [0, 0.1) is 23.7 Å². The summed E-state index contributed by atoms with van der Waals surface area (Å²) < 4.78 is 5.44. The lowest BCUT2D eigenvalue weighted by Gasteiger charge is -2.39. The molecule has 26 heavy (non-hydrogen) atoms. The predicted molar refractivity (Wildman–Crippen MR) is 97.2 cm³/mol. The molecule has 0 radical (unpaired) electrons. The molecule has 1 aromatic rings. The average molecular weight is 358 g/mol. The second-order valence-electron chi connectivity index (χ2n) is 7.71. The molecular formula is C20H26N2O4. The van der Waals surface area contributed by atoms with Crippen molar-refractivity contribution in [2.45, 2.75) is 19.3 Å². The number of piperazine rings is 1. The van der Waals surface area contributed by atoms with Gasteiger partial charge in [0.1, 0.15) is 5.75 Å². The number of para-hydroxylation sites is 2. The van der Waals surface area contributed by atoms with Crippen LogP contribution in [0.2, 0.25) is 0 Å². The smallest absolute Gasteiger partial charge is 0.307 e. The SMILES string of the molecule is COc1ccccc1N1CCN(C(=O)[C@@H]2[C@@H]3CC[C@@H](C3)[C@@H]2C(=O)O)CC1. The maximum Gasteiger partial charge on any atom is 0.307 e. The highest BCUT2D eigenvalue weighted by Crippen LogP contribution is 2.53. The fourth-order valence-electron chi connectivity index (χ4n) is 5.27. The number of benzene rings is 1. The van der Waals surface area contributed by atoms with Crippen LogP contribution in [0.1, 0.15) is 19.3 Å². The summed E-state index contributed by atoms with van der Waals surface area (Å²) in [5, 5.41) is 9.61. The van der Waals surface area contributed by atoms with E-state index in [1.165, 1.54) is 0 Å². The molecule has 140 valence electrons. The fraction of sp³-hybridized carbons (Fsp3) is 0.600. The third-order valence-electron chi connectivity index (χ3n) is 6.50. The maximum absolute atomic E-state index is 13.1. The van der Waals surface area contributed by atoms with Crippen LogP contribution in [0.4, 0.5) is 5.69 Å². The molecule has 0 unspecified atom stereocenters. The van der Waals surface area contributed by atoms with Crippen LogP contribution < -0.4 is 9.64 Å². The first kappa shape index (κ1) is 17.2. The van der Waals surface area contributed by atoms with Gasteiger partial charge in [0.15, 0.2) is 0 Å². The molecule has 1 aromatic carbocycles. The zero-order chi connectivity index (χ0) is 18.3. The largest absolute Gasteiger partial charge is 0.495 e. The summed E-state index contributed by atoms with van der Waals surface area (Å²) in [5.41, 5.74) is 1.05. The molecule has 1 heterocycles. The minimum absolute atomic E-state index is 0.0595. The van der Waals surface area contributed by atoms with Gasteiger partial charge in [-0.1, -0.05) is 12.1 Å². The van der Waals surface area contributed by atoms with Crippen molar-refractivity contribution in [1.82, 2.24) is 4.90 Å². The molecule has 1 saturated heterocycles. The zero-order valence-electron chi connectivity index (χ0n) is 15.1. The number of methoxy groups -OCH3 is 1. The molecule has 6 heteroatoms. The van der Waals surface area contributed by atoms with Crippen molar-refractivity contribution in [3.05, 3.63) is 24.3 Å². The molecule has 2 aliphatic carbocycles.